The van der Waals surface area contributed by atoms with Gasteiger partial charge in [0.15, 0.2) is 17.3 Å². The summed E-state index contributed by atoms with van der Waals surface area (Å²) in [4.78, 5) is 29.9. The van der Waals surface area contributed by atoms with Gasteiger partial charge in [0.1, 0.15) is 11.5 Å². The van der Waals surface area contributed by atoms with Crippen molar-refractivity contribution in [1.29, 1.82) is 0 Å². The molecule has 0 saturated heterocycles. The topological polar surface area (TPSA) is 72.0 Å². The van der Waals surface area contributed by atoms with Crippen LogP contribution in [0.5, 0.6) is 5.75 Å². The van der Waals surface area contributed by atoms with Gasteiger partial charge in [-0.1, -0.05) is 13.0 Å². The van der Waals surface area contributed by atoms with Crippen LogP contribution in [0.3, 0.4) is 0 Å². The van der Waals surface area contributed by atoms with Crippen LogP contribution in [0.4, 0.5) is 17.6 Å². The van der Waals surface area contributed by atoms with Gasteiger partial charge >= 0.3 is 6.36 Å². The number of aromatic nitrogens is 2. The largest absolute Gasteiger partial charge is 0.573 e. The highest BCUT2D eigenvalue weighted by Gasteiger charge is 2.32. The predicted molar refractivity (Wildman–Crippen MR) is 80.0 cm³/mol. The molecule has 0 aliphatic carbocycles. The standard InChI is InChI=1S/C16H14F4N2O3/c1-8(5-13(23)12-7-15(24)22-9(2)21-12)10-3-4-14(11(17)6-10)25-16(18,19)20/h3-4,6-8H,5H2,1-2H3,(H,21,22,24)/t8-/m0/s1. The highest BCUT2D eigenvalue weighted by molar-refractivity contribution is 5.94. The zero-order valence-electron chi connectivity index (χ0n) is 13.3. The maximum Gasteiger partial charge on any atom is 0.573 e. The molecule has 0 aliphatic rings. The Kier molecular flexibility index (Phi) is 5.24. The normalized spacial score (nSPS) is 12.7. The summed E-state index contributed by atoms with van der Waals surface area (Å²) in [5, 5.41) is 0. The first-order valence-electron chi connectivity index (χ1n) is 7.21. The molecule has 0 radical (unpaired) electrons. The molecular formula is C16H14F4N2O3. The van der Waals surface area contributed by atoms with Gasteiger partial charge in [-0.2, -0.15) is 0 Å². The second-order valence-corrected chi connectivity index (χ2v) is 5.48. The molecule has 25 heavy (non-hydrogen) atoms. The van der Waals surface area contributed by atoms with Crippen LogP contribution in [0.1, 0.15) is 41.1 Å². The summed E-state index contributed by atoms with van der Waals surface area (Å²) >= 11 is 0. The van der Waals surface area contributed by atoms with Gasteiger partial charge in [-0.05, 0) is 30.5 Å². The first kappa shape index (κ1) is 18.6. The summed E-state index contributed by atoms with van der Waals surface area (Å²) in [5.41, 5.74) is -0.171. The summed E-state index contributed by atoms with van der Waals surface area (Å²) < 4.78 is 53.7. The van der Waals surface area contributed by atoms with Crippen LogP contribution in [0.2, 0.25) is 0 Å². The van der Waals surface area contributed by atoms with Gasteiger partial charge in [-0.25, -0.2) is 9.37 Å². The fourth-order valence-electron chi connectivity index (χ4n) is 2.25. The van der Waals surface area contributed by atoms with Crippen LogP contribution < -0.4 is 10.3 Å². The van der Waals surface area contributed by atoms with E-state index in [2.05, 4.69) is 14.7 Å². The Morgan fingerprint density at radius 3 is 2.56 bits per heavy atom. The van der Waals surface area contributed by atoms with Gasteiger partial charge in [-0.15, -0.1) is 13.2 Å². The average molecular weight is 358 g/mol. The Morgan fingerprint density at radius 2 is 2.00 bits per heavy atom. The molecule has 1 aromatic heterocycles. The van der Waals surface area contributed by atoms with Crippen molar-refractivity contribution in [1.82, 2.24) is 9.97 Å². The molecule has 1 heterocycles. The smallest absolute Gasteiger partial charge is 0.403 e. The summed E-state index contributed by atoms with van der Waals surface area (Å²) in [6.07, 6.45) is -5.08. The monoisotopic (exact) mass is 358 g/mol. The number of aryl methyl sites for hydroxylation is 1. The third-order valence-corrected chi connectivity index (χ3v) is 3.39. The average Bonchev–Trinajstić information content (AvgIpc) is 2.46. The number of halogens is 4. The number of nitrogens with zero attached hydrogens (tertiary/aromatic N) is 1. The highest BCUT2D eigenvalue weighted by atomic mass is 19.4. The number of benzene rings is 1. The molecular weight excluding hydrogens is 344 g/mol. The Balaban J connectivity index is 2.15. The Hall–Kier alpha value is -2.71. The van der Waals surface area contributed by atoms with Crippen molar-refractivity contribution in [2.45, 2.75) is 32.5 Å². The van der Waals surface area contributed by atoms with Gasteiger partial charge in [-0.3, -0.25) is 9.59 Å². The predicted octanol–water partition coefficient (Wildman–Crippen LogP) is 3.49. The third kappa shape index (κ3) is 5.13. The molecule has 0 aliphatic heterocycles. The van der Waals surface area contributed by atoms with Crippen LogP contribution in [-0.2, 0) is 0 Å². The Morgan fingerprint density at radius 1 is 1.32 bits per heavy atom. The number of nitrogens with one attached hydrogen (secondary N) is 1. The quantitative estimate of drug-likeness (QED) is 0.656. The lowest BCUT2D eigenvalue weighted by Gasteiger charge is -2.14. The molecule has 134 valence electrons. The molecule has 1 N–H and O–H groups in total. The minimum atomic E-state index is -4.99. The number of rotatable bonds is 5. The van der Waals surface area contributed by atoms with E-state index in [0.717, 1.165) is 18.2 Å². The Labute approximate surface area is 139 Å². The van der Waals surface area contributed by atoms with Gasteiger partial charge in [0.25, 0.3) is 5.56 Å². The molecule has 0 fully saturated rings. The maximum atomic E-state index is 13.7. The summed E-state index contributed by atoms with van der Waals surface area (Å²) in [5.74, 6) is -2.77. The highest BCUT2D eigenvalue weighted by Crippen LogP contribution is 2.29. The van der Waals surface area contributed by atoms with Crippen LogP contribution in [0.15, 0.2) is 29.1 Å². The van der Waals surface area contributed by atoms with Crippen molar-refractivity contribution >= 4 is 5.78 Å². The minimum absolute atomic E-state index is 0.0226. The van der Waals surface area contributed by atoms with E-state index in [9.17, 15) is 27.2 Å². The van der Waals surface area contributed by atoms with E-state index >= 15 is 0 Å². The van der Waals surface area contributed by atoms with Crippen molar-refractivity contribution in [3.8, 4) is 5.75 Å². The first-order valence-corrected chi connectivity index (χ1v) is 7.21. The number of H-pyrrole nitrogens is 1. The zero-order valence-corrected chi connectivity index (χ0v) is 13.3. The van der Waals surface area contributed by atoms with Crippen LogP contribution in [0.25, 0.3) is 0 Å². The van der Waals surface area contributed by atoms with E-state index in [1.54, 1.807) is 6.92 Å². The molecule has 9 heteroatoms. The van der Waals surface area contributed by atoms with Crippen molar-refractivity contribution in [2.75, 3.05) is 0 Å². The number of carbonyl (C=O) groups is 1. The number of ether oxygens (including phenoxy) is 1. The Bertz CT molecular complexity index is 846. The van der Waals surface area contributed by atoms with Crippen molar-refractivity contribution < 1.29 is 27.1 Å². The van der Waals surface area contributed by atoms with Gasteiger partial charge < -0.3 is 9.72 Å². The second-order valence-electron chi connectivity index (χ2n) is 5.48. The number of carbonyl (C=O) groups excluding carboxylic acids is 1. The minimum Gasteiger partial charge on any atom is -0.403 e. The maximum absolute atomic E-state index is 13.7. The fourth-order valence-corrected chi connectivity index (χ4v) is 2.25. The number of ketones is 1. The van der Waals surface area contributed by atoms with E-state index < -0.39 is 35.2 Å². The molecule has 0 unspecified atom stereocenters. The summed E-state index contributed by atoms with van der Waals surface area (Å²) in [6, 6.07) is 4.05. The van der Waals surface area contributed by atoms with Crippen LogP contribution in [-0.4, -0.2) is 22.1 Å². The third-order valence-electron chi connectivity index (χ3n) is 3.39. The van der Waals surface area contributed by atoms with Crippen LogP contribution >= 0.6 is 0 Å². The van der Waals surface area contributed by atoms with E-state index in [1.807, 2.05) is 0 Å². The molecule has 0 bridgehead atoms. The molecule has 2 aromatic rings. The molecule has 5 nitrogen and oxygen atoms in total. The fraction of sp³-hybridized carbons (Fsp3) is 0.312. The number of Topliss-reactive ketones (excluding diaryl/α,β-unsaturated/α-hetero) is 1. The van der Waals surface area contributed by atoms with Gasteiger partial charge in [0.05, 0.1) is 0 Å². The number of alkyl halides is 3. The van der Waals surface area contributed by atoms with Crippen LogP contribution in [0, 0.1) is 12.7 Å². The van der Waals surface area contributed by atoms with E-state index in [-0.39, 0.29) is 17.9 Å². The number of hydrogen-bond acceptors (Lipinski definition) is 4. The molecule has 0 saturated carbocycles. The molecule has 0 amide bonds. The molecule has 1 atom stereocenters. The van der Waals surface area contributed by atoms with Crippen molar-refractivity contribution in [3.05, 3.63) is 57.5 Å². The second kappa shape index (κ2) is 7.04. The number of aromatic amines is 1. The van der Waals surface area contributed by atoms with E-state index in [1.165, 1.54) is 13.0 Å². The summed E-state index contributed by atoms with van der Waals surface area (Å²) in [7, 11) is 0. The molecule has 1 aromatic carbocycles. The number of hydrogen-bond donors (Lipinski definition) is 1. The van der Waals surface area contributed by atoms with E-state index in [0.29, 0.717) is 5.56 Å². The lowest BCUT2D eigenvalue weighted by atomic mass is 9.94. The first-order chi connectivity index (χ1) is 11.5. The lowest BCUT2D eigenvalue weighted by molar-refractivity contribution is -0.275. The van der Waals surface area contributed by atoms with Gasteiger partial charge in [0, 0.05) is 12.5 Å². The molecule has 2 rings (SSSR count). The zero-order chi connectivity index (χ0) is 18.8. The lowest BCUT2D eigenvalue weighted by Crippen LogP contribution is -2.18. The summed E-state index contributed by atoms with van der Waals surface area (Å²) in [6.45, 7) is 3.13. The SMILES string of the molecule is Cc1nc(C(=O)C[C@H](C)c2ccc(OC(F)(F)F)c(F)c2)cc(=O)[nH]1. The van der Waals surface area contributed by atoms with Crippen molar-refractivity contribution in [3.63, 3.8) is 0 Å². The molecule has 0 spiro atoms. The van der Waals surface area contributed by atoms with Crippen molar-refractivity contribution in [2.24, 2.45) is 0 Å². The van der Waals surface area contributed by atoms with E-state index in [4.69, 9.17) is 0 Å². The van der Waals surface area contributed by atoms with Gasteiger partial charge in [0.2, 0.25) is 0 Å².